The van der Waals surface area contributed by atoms with Crippen LogP contribution in [0.5, 0.6) is 0 Å². The van der Waals surface area contributed by atoms with Crippen LogP contribution in [0.1, 0.15) is 62.8 Å². The van der Waals surface area contributed by atoms with Crippen molar-refractivity contribution in [3.05, 3.63) is 11.8 Å². The van der Waals surface area contributed by atoms with Crippen molar-refractivity contribution in [1.29, 1.82) is 0 Å². The predicted octanol–water partition coefficient (Wildman–Crippen LogP) is 3.76. The fourth-order valence-corrected chi connectivity index (χ4v) is 4.66. The van der Waals surface area contributed by atoms with E-state index in [2.05, 4.69) is 10.2 Å². The lowest BCUT2D eigenvalue weighted by molar-refractivity contribution is -0.144. The molecule has 3 fully saturated rings. The molecule has 1 saturated heterocycles. The average molecular weight is 375 g/mol. The van der Waals surface area contributed by atoms with Crippen molar-refractivity contribution >= 4 is 5.91 Å². The van der Waals surface area contributed by atoms with Crippen LogP contribution in [0, 0.1) is 11.8 Å². The number of likely N-dealkylation sites (tertiary alicyclic amines) is 1. The van der Waals surface area contributed by atoms with Gasteiger partial charge in [0.05, 0.1) is 0 Å². The summed E-state index contributed by atoms with van der Waals surface area (Å²) in [4.78, 5) is 14.4. The number of carbonyl (C=O) groups is 1. The Morgan fingerprint density at radius 1 is 1.12 bits per heavy atom. The van der Waals surface area contributed by atoms with E-state index in [9.17, 15) is 18.0 Å². The number of fused-ring (bicyclic) bond motifs is 1. The van der Waals surface area contributed by atoms with Gasteiger partial charge in [0.15, 0.2) is 5.67 Å². The Morgan fingerprint density at radius 2 is 1.77 bits per heavy atom. The molecule has 1 aliphatic heterocycles. The minimum Gasteiger partial charge on any atom is -0.423 e. The normalized spacial score (nSPS) is 34.5. The van der Waals surface area contributed by atoms with Gasteiger partial charge in [-0.15, -0.1) is 10.2 Å². The van der Waals surface area contributed by atoms with Crippen molar-refractivity contribution in [1.82, 2.24) is 15.1 Å². The fraction of sp³-hybridized carbons (Fsp3) is 0.824. The first-order valence-corrected chi connectivity index (χ1v) is 9.19. The molecule has 0 bridgehead atoms. The van der Waals surface area contributed by atoms with E-state index >= 15 is 4.39 Å². The number of rotatable bonds is 3. The molecule has 9 heteroatoms. The topological polar surface area (TPSA) is 59.2 Å². The van der Waals surface area contributed by atoms with Crippen LogP contribution in [0.2, 0.25) is 0 Å². The minimum atomic E-state index is -4.45. The molecular weight excluding hydrogens is 354 g/mol. The van der Waals surface area contributed by atoms with Gasteiger partial charge in [0, 0.05) is 18.4 Å². The van der Waals surface area contributed by atoms with Crippen LogP contribution in [0.4, 0.5) is 17.6 Å². The zero-order valence-corrected chi connectivity index (χ0v) is 14.3. The number of hydrogen-bond acceptors (Lipinski definition) is 4. The summed E-state index contributed by atoms with van der Waals surface area (Å²) >= 11 is 0. The molecular formula is C17H21F4N3O2. The van der Waals surface area contributed by atoms with Crippen LogP contribution in [0.15, 0.2) is 4.42 Å². The molecule has 1 amide bonds. The lowest BCUT2D eigenvalue weighted by atomic mass is 10.0. The molecule has 2 aliphatic carbocycles. The Balaban J connectivity index is 1.53. The first-order chi connectivity index (χ1) is 12.3. The number of piperidine rings is 1. The summed E-state index contributed by atoms with van der Waals surface area (Å²) in [6, 6.07) is -0.638. The highest BCUT2D eigenvalue weighted by atomic mass is 19.4. The molecule has 3 aliphatic rings. The van der Waals surface area contributed by atoms with Gasteiger partial charge >= 0.3 is 6.18 Å². The maximum atomic E-state index is 15.4. The fourth-order valence-electron chi connectivity index (χ4n) is 4.66. The Kier molecular flexibility index (Phi) is 4.23. The smallest absolute Gasteiger partial charge is 0.397 e. The molecule has 1 aromatic rings. The van der Waals surface area contributed by atoms with Gasteiger partial charge < -0.3 is 9.32 Å². The van der Waals surface area contributed by atoms with Crippen LogP contribution in [-0.2, 0) is 11.2 Å². The molecule has 0 spiro atoms. The van der Waals surface area contributed by atoms with Crippen LogP contribution < -0.4 is 0 Å². The van der Waals surface area contributed by atoms with Crippen LogP contribution in [0.3, 0.4) is 0 Å². The van der Waals surface area contributed by atoms with Crippen molar-refractivity contribution in [3.8, 4) is 0 Å². The first kappa shape index (κ1) is 17.7. The lowest BCUT2D eigenvalue weighted by Crippen LogP contribution is -2.45. The van der Waals surface area contributed by atoms with E-state index in [1.165, 1.54) is 4.90 Å². The van der Waals surface area contributed by atoms with E-state index in [0.717, 1.165) is 38.5 Å². The van der Waals surface area contributed by atoms with Gasteiger partial charge in [0.2, 0.25) is 11.8 Å². The maximum Gasteiger partial charge on any atom is 0.397 e. The summed E-state index contributed by atoms with van der Waals surface area (Å²) < 4.78 is 58.0. The number of hydrogen-bond donors (Lipinski definition) is 0. The third kappa shape index (κ3) is 2.99. The first-order valence-electron chi connectivity index (χ1n) is 9.19. The molecule has 26 heavy (non-hydrogen) atoms. The molecule has 3 unspecified atom stereocenters. The monoisotopic (exact) mass is 375 g/mol. The quantitative estimate of drug-likeness (QED) is 0.755. The van der Waals surface area contributed by atoms with Gasteiger partial charge in [0.1, 0.15) is 12.5 Å². The summed E-state index contributed by atoms with van der Waals surface area (Å²) in [5.41, 5.74) is -1.82. The molecule has 5 nitrogen and oxygen atoms in total. The number of amides is 1. The Labute approximate surface area is 148 Å². The van der Waals surface area contributed by atoms with Crippen molar-refractivity contribution in [2.45, 2.75) is 69.3 Å². The molecule has 144 valence electrons. The largest absolute Gasteiger partial charge is 0.423 e. The van der Waals surface area contributed by atoms with Crippen molar-refractivity contribution in [2.24, 2.45) is 11.8 Å². The highest BCUT2D eigenvalue weighted by Gasteiger charge is 2.72. The van der Waals surface area contributed by atoms with E-state index < -0.39 is 36.1 Å². The number of halogens is 4. The van der Waals surface area contributed by atoms with Crippen LogP contribution >= 0.6 is 0 Å². The summed E-state index contributed by atoms with van der Waals surface area (Å²) in [7, 11) is 0. The Hall–Kier alpha value is -1.67. The van der Waals surface area contributed by atoms with E-state index in [4.69, 9.17) is 4.42 Å². The van der Waals surface area contributed by atoms with E-state index in [1.54, 1.807) is 0 Å². The van der Waals surface area contributed by atoms with Crippen LogP contribution in [-0.4, -0.2) is 39.4 Å². The SMILES string of the molecule is O=C(N1CCCCC1c1nnc(CC(F)(F)F)o1)C1(F)C2CCCCC21. The zero-order valence-electron chi connectivity index (χ0n) is 14.3. The highest BCUT2D eigenvalue weighted by molar-refractivity contribution is 5.90. The molecule has 2 heterocycles. The Morgan fingerprint density at radius 3 is 2.42 bits per heavy atom. The third-order valence-electron chi connectivity index (χ3n) is 5.95. The Bertz CT molecular complexity index is 678. The summed E-state index contributed by atoms with van der Waals surface area (Å²) in [6.07, 6.45) is -0.429. The highest BCUT2D eigenvalue weighted by Crippen LogP contribution is 2.62. The van der Waals surface area contributed by atoms with E-state index in [1.807, 2.05) is 0 Å². The van der Waals surface area contributed by atoms with Gasteiger partial charge in [-0.3, -0.25) is 4.79 Å². The molecule has 0 radical (unpaired) electrons. The minimum absolute atomic E-state index is 0.0236. The summed E-state index contributed by atoms with van der Waals surface area (Å²) in [5, 5.41) is 7.17. The number of aromatic nitrogens is 2. The summed E-state index contributed by atoms with van der Waals surface area (Å²) in [5.74, 6) is -1.52. The zero-order chi connectivity index (χ0) is 18.5. The van der Waals surface area contributed by atoms with Gasteiger partial charge in [-0.05, 0) is 32.1 Å². The third-order valence-corrected chi connectivity index (χ3v) is 5.95. The average Bonchev–Trinajstić information content (AvgIpc) is 2.98. The van der Waals surface area contributed by atoms with Crippen LogP contribution in [0.25, 0.3) is 0 Å². The van der Waals surface area contributed by atoms with Crippen molar-refractivity contribution in [2.75, 3.05) is 6.54 Å². The molecule has 0 aromatic carbocycles. The number of carbonyl (C=O) groups excluding carboxylic acids is 1. The molecule has 3 atom stereocenters. The second-order valence-electron chi connectivity index (χ2n) is 7.60. The standard InChI is InChI=1S/C17H21F4N3O2/c18-16(19,20)9-13-22-23-14(26-13)12-7-3-4-8-24(12)15(25)17(21)10-5-1-2-6-11(10)17/h10-12H,1-9H2. The van der Waals surface area contributed by atoms with Gasteiger partial charge in [-0.1, -0.05) is 12.8 Å². The molecule has 4 rings (SSSR count). The maximum absolute atomic E-state index is 15.4. The molecule has 2 saturated carbocycles. The number of alkyl halides is 4. The van der Waals surface area contributed by atoms with Gasteiger partial charge in [-0.2, -0.15) is 13.2 Å². The second kappa shape index (κ2) is 6.20. The van der Waals surface area contributed by atoms with E-state index in [0.29, 0.717) is 13.0 Å². The second-order valence-corrected chi connectivity index (χ2v) is 7.60. The number of nitrogens with zero attached hydrogens (tertiary/aromatic N) is 3. The lowest BCUT2D eigenvalue weighted by Gasteiger charge is -2.34. The predicted molar refractivity (Wildman–Crippen MR) is 81.6 cm³/mol. The van der Waals surface area contributed by atoms with Gasteiger partial charge in [0.25, 0.3) is 5.91 Å². The van der Waals surface area contributed by atoms with Gasteiger partial charge in [-0.25, -0.2) is 4.39 Å². The van der Waals surface area contributed by atoms with Crippen molar-refractivity contribution in [3.63, 3.8) is 0 Å². The molecule has 0 N–H and O–H groups in total. The van der Waals surface area contributed by atoms with Crippen molar-refractivity contribution < 1.29 is 26.8 Å². The molecule has 1 aromatic heterocycles. The summed E-state index contributed by atoms with van der Waals surface area (Å²) in [6.45, 7) is 0.367. The van der Waals surface area contributed by atoms with E-state index in [-0.39, 0.29) is 17.7 Å².